The lowest BCUT2D eigenvalue weighted by Crippen LogP contribution is -2.21. The molecule has 86 valence electrons. The number of nitrogens with one attached hydrogen (secondary N) is 1. The third-order valence-electron chi connectivity index (χ3n) is 2.02. The molecule has 1 aromatic carbocycles. The predicted octanol–water partition coefficient (Wildman–Crippen LogP) is 1.58. The highest BCUT2D eigenvalue weighted by Gasteiger charge is 2.01. The first-order chi connectivity index (χ1) is 7.88. The van der Waals surface area contributed by atoms with E-state index in [2.05, 4.69) is 11.4 Å². The molecule has 1 aromatic rings. The van der Waals surface area contributed by atoms with Crippen LogP contribution in [0.15, 0.2) is 24.3 Å². The molecule has 0 atom stereocenters. The Bertz CT molecular complexity index is 347. The van der Waals surface area contributed by atoms with Gasteiger partial charge in [-0.3, -0.25) is 0 Å². The zero-order valence-electron chi connectivity index (χ0n) is 9.40. The van der Waals surface area contributed by atoms with Gasteiger partial charge in [-0.1, -0.05) is 12.1 Å². The molecule has 0 aliphatic rings. The van der Waals surface area contributed by atoms with E-state index in [1.54, 1.807) is 7.11 Å². The summed E-state index contributed by atoms with van der Waals surface area (Å²) in [6.07, 6.45) is 0.522. The van der Waals surface area contributed by atoms with Crippen molar-refractivity contribution in [2.45, 2.75) is 6.42 Å². The summed E-state index contributed by atoms with van der Waals surface area (Å²) in [7, 11) is 1.62. The van der Waals surface area contributed by atoms with Gasteiger partial charge in [0.2, 0.25) is 0 Å². The van der Waals surface area contributed by atoms with Gasteiger partial charge < -0.3 is 14.8 Å². The first-order valence-electron chi connectivity index (χ1n) is 5.22. The number of ether oxygens (including phenoxy) is 2. The summed E-state index contributed by atoms with van der Waals surface area (Å²) in [6.45, 7) is 1.98. The zero-order chi connectivity index (χ0) is 11.6. The van der Waals surface area contributed by atoms with E-state index in [1.165, 1.54) is 0 Å². The summed E-state index contributed by atoms with van der Waals surface area (Å²) < 4.78 is 10.7. The van der Waals surface area contributed by atoms with Gasteiger partial charge in [-0.2, -0.15) is 5.26 Å². The van der Waals surface area contributed by atoms with E-state index in [0.717, 1.165) is 18.0 Å². The molecule has 0 aliphatic carbocycles. The smallest absolute Gasteiger partial charge is 0.161 e. The molecular formula is C12H16N2O2. The molecule has 16 heavy (non-hydrogen) atoms. The van der Waals surface area contributed by atoms with Crippen LogP contribution in [0.25, 0.3) is 0 Å². The summed E-state index contributed by atoms with van der Waals surface area (Å²) in [5.41, 5.74) is 0. The number of nitrogens with zero attached hydrogens (tertiary/aromatic N) is 1. The van der Waals surface area contributed by atoms with Crippen molar-refractivity contribution < 1.29 is 9.47 Å². The lowest BCUT2D eigenvalue weighted by molar-refractivity contribution is 0.293. The minimum Gasteiger partial charge on any atom is -0.493 e. The average molecular weight is 220 g/mol. The van der Waals surface area contributed by atoms with Crippen molar-refractivity contribution in [1.29, 1.82) is 5.26 Å². The van der Waals surface area contributed by atoms with Gasteiger partial charge >= 0.3 is 0 Å². The summed E-state index contributed by atoms with van der Waals surface area (Å²) >= 11 is 0. The number of benzene rings is 1. The standard InChI is InChI=1S/C12H16N2O2/c1-15-11-5-2-3-6-12(11)16-10-9-14-8-4-7-13/h2-3,5-6,14H,4,8-10H2,1H3. The number of nitriles is 1. The molecule has 4 heteroatoms. The Balaban J connectivity index is 2.24. The topological polar surface area (TPSA) is 54.3 Å². The van der Waals surface area contributed by atoms with Gasteiger partial charge in [-0.15, -0.1) is 0 Å². The second-order valence-corrected chi connectivity index (χ2v) is 3.16. The quantitative estimate of drug-likeness (QED) is 0.709. The van der Waals surface area contributed by atoms with E-state index in [9.17, 15) is 0 Å². The van der Waals surface area contributed by atoms with Crippen molar-refractivity contribution in [1.82, 2.24) is 5.32 Å². The van der Waals surface area contributed by atoms with Crippen molar-refractivity contribution in [3.05, 3.63) is 24.3 Å². The Labute approximate surface area is 95.8 Å². The van der Waals surface area contributed by atoms with Crippen LogP contribution in [0.5, 0.6) is 11.5 Å². The van der Waals surface area contributed by atoms with Crippen molar-refractivity contribution in [3.63, 3.8) is 0 Å². The molecular weight excluding hydrogens is 204 g/mol. The molecule has 0 aliphatic heterocycles. The fourth-order valence-electron chi connectivity index (χ4n) is 1.24. The number of para-hydroxylation sites is 2. The Morgan fingerprint density at radius 1 is 1.25 bits per heavy atom. The molecule has 1 N–H and O–H groups in total. The van der Waals surface area contributed by atoms with Crippen LogP contribution in [-0.2, 0) is 0 Å². The lowest BCUT2D eigenvalue weighted by atomic mass is 10.3. The van der Waals surface area contributed by atoms with Gasteiger partial charge in [0.15, 0.2) is 11.5 Å². The molecule has 1 rings (SSSR count). The van der Waals surface area contributed by atoms with Gasteiger partial charge in [0.1, 0.15) is 6.61 Å². The second kappa shape index (κ2) is 7.55. The predicted molar refractivity (Wildman–Crippen MR) is 61.6 cm³/mol. The molecule has 0 saturated heterocycles. The number of rotatable bonds is 7. The molecule has 0 fully saturated rings. The molecule has 0 bridgehead atoms. The van der Waals surface area contributed by atoms with Gasteiger partial charge in [0.05, 0.1) is 13.2 Å². The van der Waals surface area contributed by atoms with Crippen LogP contribution in [0.2, 0.25) is 0 Å². The fraction of sp³-hybridized carbons (Fsp3) is 0.417. The summed E-state index contributed by atoms with van der Waals surface area (Å²) in [5.74, 6) is 1.48. The molecule has 0 aromatic heterocycles. The lowest BCUT2D eigenvalue weighted by Gasteiger charge is -2.10. The maximum Gasteiger partial charge on any atom is 0.161 e. The third kappa shape index (κ3) is 4.20. The highest BCUT2D eigenvalue weighted by atomic mass is 16.5. The Kier molecular flexibility index (Phi) is 5.82. The number of hydrogen-bond donors (Lipinski definition) is 1. The molecule has 0 amide bonds. The van der Waals surface area contributed by atoms with E-state index in [1.807, 2.05) is 24.3 Å². The normalized spacial score (nSPS) is 9.50. The van der Waals surface area contributed by atoms with E-state index >= 15 is 0 Å². The Morgan fingerprint density at radius 2 is 2.00 bits per heavy atom. The monoisotopic (exact) mass is 220 g/mol. The van der Waals surface area contributed by atoms with Crippen molar-refractivity contribution in [2.24, 2.45) is 0 Å². The van der Waals surface area contributed by atoms with Crippen molar-refractivity contribution in [2.75, 3.05) is 26.8 Å². The van der Waals surface area contributed by atoms with Crippen LogP contribution in [0.4, 0.5) is 0 Å². The van der Waals surface area contributed by atoms with Crippen molar-refractivity contribution >= 4 is 0 Å². The zero-order valence-corrected chi connectivity index (χ0v) is 9.40. The van der Waals surface area contributed by atoms with Gasteiger partial charge in [-0.05, 0) is 12.1 Å². The average Bonchev–Trinajstić information content (AvgIpc) is 2.34. The Morgan fingerprint density at radius 3 is 2.69 bits per heavy atom. The first-order valence-corrected chi connectivity index (χ1v) is 5.22. The Hall–Kier alpha value is -1.73. The summed E-state index contributed by atoms with van der Waals surface area (Å²) in [5, 5.41) is 11.4. The molecule has 0 unspecified atom stereocenters. The molecule has 0 heterocycles. The van der Waals surface area contributed by atoms with E-state index in [-0.39, 0.29) is 0 Å². The molecule has 0 radical (unpaired) electrons. The first kappa shape index (κ1) is 12.3. The van der Waals surface area contributed by atoms with Crippen LogP contribution in [0.3, 0.4) is 0 Å². The van der Waals surface area contributed by atoms with E-state index < -0.39 is 0 Å². The number of hydrogen-bond acceptors (Lipinski definition) is 4. The minimum atomic E-state index is 0.522. The van der Waals surface area contributed by atoms with Crippen LogP contribution >= 0.6 is 0 Å². The van der Waals surface area contributed by atoms with Crippen LogP contribution < -0.4 is 14.8 Å². The minimum absolute atomic E-state index is 0.522. The van der Waals surface area contributed by atoms with Gasteiger partial charge in [-0.25, -0.2) is 0 Å². The van der Waals surface area contributed by atoms with Crippen molar-refractivity contribution in [3.8, 4) is 17.6 Å². The summed E-state index contributed by atoms with van der Waals surface area (Å²) in [6, 6.07) is 9.60. The highest BCUT2D eigenvalue weighted by molar-refractivity contribution is 5.39. The van der Waals surface area contributed by atoms with Gasteiger partial charge in [0.25, 0.3) is 0 Å². The largest absolute Gasteiger partial charge is 0.493 e. The molecule has 0 saturated carbocycles. The highest BCUT2D eigenvalue weighted by Crippen LogP contribution is 2.25. The maximum absolute atomic E-state index is 8.33. The van der Waals surface area contributed by atoms with Gasteiger partial charge in [0, 0.05) is 19.5 Å². The fourth-order valence-corrected chi connectivity index (χ4v) is 1.24. The maximum atomic E-state index is 8.33. The third-order valence-corrected chi connectivity index (χ3v) is 2.02. The van der Waals surface area contributed by atoms with Crippen LogP contribution in [0.1, 0.15) is 6.42 Å². The van der Waals surface area contributed by atoms with Crippen LogP contribution in [-0.4, -0.2) is 26.8 Å². The molecule has 0 spiro atoms. The van der Waals surface area contributed by atoms with E-state index in [0.29, 0.717) is 19.6 Å². The summed E-state index contributed by atoms with van der Waals surface area (Å²) in [4.78, 5) is 0. The van der Waals surface area contributed by atoms with Crippen LogP contribution in [0, 0.1) is 11.3 Å². The van der Waals surface area contributed by atoms with E-state index in [4.69, 9.17) is 14.7 Å². The number of methoxy groups -OCH3 is 1. The molecule has 4 nitrogen and oxygen atoms in total. The second-order valence-electron chi connectivity index (χ2n) is 3.16. The SMILES string of the molecule is COc1ccccc1OCCNCCC#N.